The second kappa shape index (κ2) is 7.09. The zero-order valence-corrected chi connectivity index (χ0v) is 13.6. The lowest BCUT2D eigenvalue weighted by molar-refractivity contribution is 0.251. The van der Waals surface area contributed by atoms with E-state index in [4.69, 9.17) is 4.42 Å². The second-order valence-corrected chi connectivity index (χ2v) is 6.68. The molecule has 9 nitrogen and oxygen atoms in total. The van der Waals surface area contributed by atoms with E-state index in [0.717, 1.165) is 0 Å². The summed E-state index contributed by atoms with van der Waals surface area (Å²) in [5.41, 5.74) is 0.433. The number of rotatable bonds is 5. The van der Waals surface area contributed by atoms with Gasteiger partial charge in [0.2, 0.25) is 9.84 Å². The smallest absolute Gasteiger partial charge is 0.319 e. The minimum atomic E-state index is -3.79. The van der Waals surface area contributed by atoms with Crippen LogP contribution in [0, 0.1) is 0 Å². The van der Waals surface area contributed by atoms with E-state index in [-0.39, 0.29) is 16.6 Å². The molecular formula is C15H13N5O4S. The van der Waals surface area contributed by atoms with Crippen molar-refractivity contribution in [3.05, 3.63) is 61.1 Å². The molecule has 3 aromatic rings. The van der Waals surface area contributed by atoms with Crippen molar-refractivity contribution in [1.29, 1.82) is 0 Å². The van der Waals surface area contributed by atoms with Gasteiger partial charge in [0.05, 0.1) is 17.6 Å². The third-order valence-electron chi connectivity index (χ3n) is 3.11. The van der Waals surface area contributed by atoms with Crippen LogP contribution in [0.5, 0.6) is 0 Å². The van der Waals surface area contributed by atoms with Crippen molar-refractivity contribution in [2.75, 3.05) is 5.32 Å². The average molecular weight is 359 g/mol. The molecule has 0 saturated heterocycles. The van der Waals surface area contributed by atoms with Gasteiger partial charge in [-0.05, 0) is 30.3 Å². The molecular weight excluding hydrogens is 346 g/mol. The highest BCUT2D eigenvalue weighted by Gasteiger charge is 2.20. The first kappa shape index (κ1) is 16.6. The molecule has 2 N–H and O–H groups in total. The van der Waals surface area contributed by atoms with Crippen LogP contribution in [0.4, 0.5) is 10.5 Å². The molecule has 0 aliphatic heterocycles. The zero-order chi connectivity index (χ0) is 17.7. The predicted molar refractivity (Wildman–Crippen MR) is 86.3 cm³/mol. The largest absolute Gasteiger partial charge is 0.447 e. The number of hydrogen-bond donors (Lipinski definition) is 2. The van der Waals surface area contributed by atoms with Gasteiger partial charge in [0, 0.05) is 18.1 Å². The number of aromatic nitrogens is 3. The van der Waals surface area contributed by atoms with Gasteiger partial charge in [0.25, 0.3) is 5.16 Å². The molecule has 0 spiro atoms. The quantitative estimate of drug-likeness (QED) is 0.663. The Morgan fingerprint density at radius 1 is 1.12 bits per heavy atom. The summed E-state index contributed by atoms with van der Waals surface area (Å²) >= 11 is 0. The van der Waals surface area contributed by atoms with Gasteiger partial charge < -0.3 is 15.1 Å². The van der Waals surface area contributed by atoms with Crippen LogP contribution in [0.2, 0.25) is 0 Å². The first-order chi connectivity index (χ1) is 12.1. The maximum atomic E-state index is 12.4. The van der Waals surface area contributed by atoms with E-state index >= 15 is 0 Å². The summed E-state index contributed by atoms with van der Waals surface area (Å²) in [6, 6.07) is 6.77. The molecule has 10 heteroatoms. The summed E-state index contributed by atoms with van der Waals surface area (Å²) in [4.78, 5) is 23.1. The minimum absolute atomic E-state index is 0.0336. The van der Waals surface area contributed by atoms with E-state index in [9.17, 15) is 13.2 Å². The van der Waals surface area contributed by atoms with Gasteiger partial charge in [-0.2, -0.15) is 0 Å². The number of benzene rings is 1. The van der Waals surface area contributed by atoms with Crippen LogP contribution in [-0.4, -0.2) is 29.4 Å². The van der Waals surface area contributed by atoms with Crippen LogP contribution >= 0.6 is 0 Å². The van der Waals surface area contributed by atoms with Crippen molar-refractivity contribution in [3.63, 3.8) is 0 Å². The lowest BCUT2D eigenvalue weighted by atomic mass is 10.3. The van der Waals surface area contributed by atoms with Gasteiger partial charge >= 0.3 is 6.03 Å². The number of amides is 2. The summed E-state index contributed by atoms with van der Waals surface area (Å²) in [6.45, 7) is 0.184. The molecule has 2 amide bonds. The van der Waals surface area contributed by atoms with Crippen LogP contribution in [-0.2, 0) is 16.4 Å². The van der Waals surface area contributed by atoms with Crippen LogP contribution in [0.25, 0.3) is 0 Å². The highest BCUT2D eigenvalue weighted by molar-refractivity contribution is 7.91. The van der Waals surface area contributed by atoms with Crippen molar-refractivity contribution in [2.24, 2.45) is 0 Å². The Morgan fingerprint density at radius 2 is 1.84 bits per heavy atom. The predicted octanol–water partition coefficient (Wildman–Crippen LogP) is 1.62. The molecule has 3 rings (SSSR count). The molecule has 0 fully saturated rings. The second-order valence-electron chi connectivity index (χ2n) is 4.83. The summed E-state index contributed by atoms with van der Waals surface area (Å²) < 4.78 is 29.7. The maximum absolute atomic E-state index is 12.4. The monoisotopic (exact) mass is 359 g/mol. The SMILES string of the molecule is O=C(NCc1cnco1)Nc1ccc(S(=O)(=O)c2ncccn2)cc1. The van der Waals surface area contributed by atoms with Gasteiger partial charge in [-0.3, -0.25) is 0 Å². The number of carbonyl (C=O) groups excluding carboxylic acids is 1. The number of urea groups is 1. The molecule has 1 aromatic carbocycles. The van der Waals surface area contributed by atoms with E-state index < -0.39 is 15.9 Å². The number of sulfone groups is 1. The van der Waals surface area contributed by atoms with Crippen molar-refractivity contribution in [2.45, 2.75) is 16.6 Å². The van der Waals surface area contributed by atoms with Gasteiger partial charge in [-0.25, -0.2) is 28.2 Å². The summed E-state index contributed by atoms with van der Waals surface area (Å²) in [5, 5.41) is 4.89. The number of anilines is 1. The van der Waals surface area contributed by atoms with Gasteiger partial charge in [-0.1, -0.05) is 0 Å². The molecule has 0 atom stereocenters. The van der Waals surface area contributed by atoms with E-state index in [2.05, 4.69) is 25.6 Å². The van der Waals surface area contributed by atoms with Gasteiger partial charge in [0.1, 0.15) is 5.76 Å². The van der Waals surface area contributed by atoms with E-state index in [1.807, 2.05) is 0 Å². The number of hydrogen-bond acceptors (Lipinski definition) is 7. The first-order valence-electron chi connectivity index (χ1n) is 7.10. The van der Waals surface area contributed by atoms with Crippen LogP contribution < -0.4 is 10.6 Å². The topological polar surface area (TPSA) is 127 Å². The van der Waals surface area contributed by atoms with Gasteiger partial charge in [0.15, 0.2) is 6.39 Å². The number of carbonyl (C=O) groups is 1. The third kappa shape index (κ3) is 3.98. The molecule has 0 bridgehead atoms. The Kier molecular flexibility index (Phi) is 4.70. The lowest BCUT2D eigenvalue weighted by Crippen LogP contribution is -2.28. The molecule has 0 radical (unpaired) electrons. The Balaban J connectivity index is 1.65. The highest BCUT2D eigenvalue weighted by Crippen LogP contribution is 2.19. The van der Waals surface area contributed by atoms with E-state index in [0.29, 0.717) is 11.4 Å². The molecule has 0 unspecified atom stereocenters. The summed E-state index contributed by atoms with van der Waals surface area (Å²) in [7, 11) is -3.79. The normalized spacial score (nSPS) is 11.0. The molecule has 25 heavy (non-hydrogen) atoms. The fraction of sp³-hybridized carbons (Fsp3) is 0.0667. The Morgan fingerprint density at radius 3 is 2.48 bits per heavy atom. The number of oxazole rings is 1. The van der Waals surface area contributed by atoms with E-state index in [1.54, 1.807) is 0 Å². The number of nitrogens with one attached hydrogen (secondary N) is 2. The van der Waals surface area contributed by atoms with Crippen LogP contribution in [0.15, 0.2) is 69.8 Å². The third-order valence-corrected chi connectivity index (χ3v) is 4.70. The first-order valence-corrected chi connectivity index (χ1v) is 8.58. The van der Waals surface area contributed by atoms with Gasteiger partial charge in [-0.15, -0.1) is 0 Å². The molecule has 2 heterocycles. The summed E-state index contributed by atoms with van der Waals surface area (Å²) in [5.74, 6) is 0.513. The standard InChI is InChI=1S/C15H13N5O4S/c21-14(19-9-12-8-16-10-24-12)20-11-2-4-13(5-3-11)25(22,23)15-17-6-1-7-18-15/h1-8,10H,9H2,(H2,19,20,21). The van der Waals surface area contributed by atoms with Crippen molar-refractivity contribution < 1.29 is 17.6 Å². The Labute approximate surface area is 143 Å². The van der Waals surface area contributed by atoms with Crippen molar-refractivity contribution in [1.82, 2.24) is 20.3 Å². The molecule has 0 aliphatic carbocycles. The lowest BCUT2D eigenvalue weighted by Gasteiger charge is -2.07. The van der Waals surface area contributed by atoms with E-state index in [1.165, 1.54) is 55.3 Å². The van der Waals surface area contributed by atoms with Crippen molar-refractivity contribution >= 4 is 21.6 Å². The van der Waals surface area contributed by atoms with Crippen LogP contribution in [0.3, 0.4) is 0 Å². The molecule has 2 aromatic heterocycles. The maximum Gasteiger partial charge on any atom is 0.319 e. The van der Waals surface area contributed by atoms with Crippen LogP contribution in [0.1, 0.15) is 5.76 Å². The fourth-order valence-electron chi connectivity index (χ4n) is 1.92. The number of nitrogens with zero attached hydrogens (tertiary/aromatic N) is 3. The summed E-state index contributed by atoms with van der Waals surface area (Å²) in [6.07, 6.45) is 5.47. The van der Waals surface area contributed by atoms with Crippen molar-refractivity contribution in [3.8, 4) is 0 Å². The zero-order valence-electron chi connectivity index (χ0n) is 12.8. The Hall–Kier alpha value is -3.27. The minimum Gasteiger partial charge on any atom is -0.447 e. The average Bonchev–Trinajstić information content (AvgIpc) is 3.15. The fourth-order valence-corrected chi connectivity index (χ4v) is 3.02. The highest BCUT2D eigenvalue weighted by atomic mass is 32.2. The molecule has 0 aliphatic rings. The molecule has 128 valence electrons. The molecule has 0 saturated carbocycles. The Bertz CT molecular complexity index is 941.